The van der Waals surface area contributed by atoms with Gasteiger partial charge in [0.2, 0.25) is 10.0 Å². The van der Waals surface area contributed by atoms with E-state index in [0.29, 0.717) is 22.3 Å². The third kappa shape index (κ3) is 4.01. The number of anilines is 1. The lowest BCUT2D eigenvalue weighted by atomic mass is 10.1. The summed E-state index contributed by atoms with van der Waals surface area (Å²) in [4.78, 5) is 17.3. The number of pyridine rings is 1. The van der Waals surface area contributed by atoms with Crippen LogP contribution in [0.2, 0.25) is 0 Å². The number of nitrogens with zero attached hydrogens (tertiary/aromatic N) is 2. The maximum atomic E-state index is 13.0. The van der Waals surface area contributed by atoms with Crippen molar-refractivity contribution >= 4 is 32.5 Å². The molecule has 0 bridgehead atoms. The molecule has 0 spiro atoms. The van der Waals surface area contributed by atoms with E-state index in [2.05, 4.69) is 10.3 Å². The Morgan fingerprint density at radius 3 is 2.45 bits per heavy atom. The van der Waals surface area contributed by atoms with Crippen LogP contribution in [0, 0.1) is 0 Å². The summed E-state index contributed by atoms with van der Waals surface area (Å²) in [5.41, 5.74) is 1.30. The topological polar surface area (TPSA) is 97.8 Å². The Hall–Kier alpha value is -3.17. The summed E-state index contributed by atoms with van der Waals surface area (Å²) in [6.45, 7) is 0. The second-order valence-electron chi connectivity index (χ2n) is 6.35. The monoisotopic (exact) mass is 415 g/mol. The van der Waals surface area contributed by atoms with Crippen LogP contribution in [0.5, 0.6) is 11.5 Å². The van der Waals surface area contributed by atoms with Crippen molar-refractivity contribution in [2.45, 2.75) is 4.90 Å². The molecule has 1 aromatic heterocycles. The Morgan fingerprint density at radius 1 is 1.03 bits per heavy atom. The first-order chi connectivity index (χ1) is 13.8. The average molecular weight is 415 g/mol. The Labute approximate surface area is 169 Å². The fourth-order valence-corrected chi connectivity index (χ4v) is 3.72. The van der Waals surface area contributed by atoms with E-state index >= 15 is 0 Å². The van der Waals surface area contributed by atoms with Crippen LogP contribution in [0.25, 0.3) is 10.9 Å². The summed E-state index contributed by atoms with van der Waals surface area (Å²) in [7, 11) is 2.12. The number of carbonyl (C=O) groups is 1. The van der Waals surface area contributed by atoms with Gasteiger partial charge < -0.3 is 14.8 Å². The van der Waals surface area contributed by atoms with Gasteiger partial charge in [-0.25, -0.2) is 12.7 Å². The standard InChI is InChI=1S/C20H21N3O5S/c1-23(2)29(25,26)14-6-8-19(28-4)16(12-14)20(24)22-18-9-10-21-17-7-5-13(27-3)11-15(17)18/h5-12H,1-4H3,(H,21,22,24). The molecule has 29 heavy (non-hydrogen) atoms. The minimum atomic E-state index is -3.70. The van der Waals surface area contributed by atoms with Gasteiger partial charge in [-0.1, -0.05) is 0 Å². The molecule has 0 saturated heterocycles. The summed E-state index contributed by atoms with van der Waals surface area (Å²) in [6, 6.07) is 11.1. The molecular formula is C20H21N3O5S. The molecule has 8 nitrogen and oxygen atoms in total. The maximum absolute atomic E-state index is 13.0. The molecule has 1 N–H and O–H groups in total. The predicted octanol–water partition coefficient (Wildman–Crippen LogP) is 2.75. The summed E-state index contributed by atoms with van der Waals surface area (Å²) in [6.07, 6.45) is 1.58. The minimum Gasteiger partial charge on any atom is -0.497 e. The maximum Gasteiger partial charge on any atom is 0.259 e. The number of amides is 1. The summed E-state index contributed by atoms with van der Waals surface area (Å²) in [5.74, 6) is 0.377. The van der Waals surface area contributed by atoms with Gasteiger partial charge in [0.25, 0.3) is 5.91 Å². The van der Waals surface area contributed by atoms with Crippen molar-refractivity contribution < 1.29 is 22.7 Å². The third-order valence-electron chi connectivity index (χ3n) is 4.39. The second kappa shape index (κ2) is 8.06. The number of benzene rings is 2. The normalized spacial score (nSPS) is 11.5. The van der Waals surface area contributed by atoms with Crippen LogP contribution in [-0.4, -0.2) is 51.9 Å². The van der Waals surface area contributed by atoms with Crippen molar-refractivity contribution in [2.24, 2.45) is 0 Å². The lowest BCUT2D eigenvalue weighted by Crippen LogP contribution is -2.23. The largest absolute Gasteiger partial charge is 0.497 e. The number of nitrogens with one attached hydrogen (secondary N) is 1. The molecule has 0 atom stereocenters. The zero-order valence-electron chi connectivity index (χ0n) is 16.5. The van der Waals surface area contributed by atoms with E-state index in [9.17, 15) is 13.2 Å². The van der Waals surface area contributed by atoms with E-state index in [1.807, 2.05) is 0 Å². The van der Waals surface area contributed by atoms with Crippen molar-refractivity contribution in [3.63, 3.8) is 0 Å². The van der Waals surface area contributed by atoms with Crippen LogP contribution in [-0.2, 0) is 10.0 Å². The fourth-order valence-electron chi connectivity index (χ4n) is 2.79. The van der Waals surface area contributed by atoms with E-state index in [-0.39, 0.29) is 16.2 Å². The Bertz CT molecular complexity index is 1180. The number of fused-ring (bicyclic) bond motifs is 1. The highest BCUT2D eigenvalue weighted by Crippen LogP contribution is 2.28. The van der Waals surface area contributed by atoms with Gasteiger partial charge in [-0.05, 0) is 42.5 Å². The minimum absolute atomic E-state index is 0.00490. The summed E-state index contributed by atoms with van der Waals surface area (Å²) >= 11 is 0. The molecule has 0 aliphatic carbocycles. The number of methoxy groups -OCH3 is 2. The number of hydrogen-bond acceptors (Lipinski definition) is 6. The number of sulfonamides is 1. The molecule has 1 amide bonds. The van der Waals surface area contributed by atoms with Crippen molar-refractivity contribution in [1.29, 1.82) is 0 Å². The van der Waals surface area contributed by atoms with Crippen LogP contribution in [0.15, 0.2) is 53.6 Å². The molecule has 2 aromatic carbocycles. The molecule has 1 heterocycles. The second-order valence-corrected chi connectivity index (χ2v) is 8.50. The highest BCUT2D eigenvalue weighted by atomic mass is 32.2. The third-order valence-corrected chi connectivity index (χ3v) is 6.20. The highest BCUT2D eigenvalue weighted by Gasteiger charge is 2.22. The fraction of sp³-hybridized carbons (Fsp3) is 0.200. The van der Waals surface area contributed by atoms with E-state index in [4.69, 9.17) is 9.47 Å². The van der Waals surface area contributed by atoms with E-state index in [1.54, 1.807) is 37.6 Å². The molecule has 0 saturated carbocycles. The lowest BCUT2D eigenvalue weighted by molar-refractivity contribution is 0.102. The van der Waals surface area contributed by atoms with Gasteiger partial charge in [0.1, 0.15) is 11.5 Å². The van der Waals surface area contributed by atoms with Gasteiger partial charge in [0.05, 0.1) is 35.9 Å². The summed E-state index contributed by atoms with van der Waals surface area (Å²) < 4.78 is 36.5. The van der Waals surface area contributed by atoms with Crippen molar-refractivity contribution in [2.75, 3.05) is 33.6 Å². The Balaban J connectivity index is 2.04. The smallest absolute Gasteiger partial charge is 0.259 e. The number of aromatic nitrogens is 1. The molecule has 0 unspecified atom stereocenters. The quantitative estimate of drug-likeness (QED) is 0.665. The van der Waals surface area contributed by atoms with Gasteiger partial charge >= 0.3 is 0 Å². The van der Waals surface area contributed by atoms with Crippen molar-refractivity contribution in [3.8, 4) is 11.5 Å². The molecule has 0 aliphatic heterocycles. The van der Waals surface area contributed by atoms with Crippen LogP contribution >= 0.6 is 0 Å². The lowest BCUT2D eigenvalue weighted by Gasteiger charge is -2.15. The molecule has 0 fully saturated rings. The molecular weight excluding hydrogens is 394 g/mol. The first kappa shape index (κ1) is 20.6. The highest BCUT2D eigenvalue weighted by molar-refractivity contribution is 7.89. The molecule has 3 aromatic rings. The molecule has 0 aliphatic rings. The van der Waals surface area contributed by atoms with Gasteiger partial charge in [-0.15, -0.1) is 0 Å². The first-order valence-corrected chi connectivity index (χ1v) is 10.1. The van der Waals surface area contributed by atoms with Crippen molar-refractivity contribution in [3.05, 3.63) is 54.2 Å². The van der Waals surface area contributed by atoms with E-state index in [1.165, 1.54) is 39.4 Å². The summed E-state index contributed by atoms with van der Waals surface area (Å²) in [5, 5.41) is 3.50. The molecule has 3 rings (SSSR count). The van der Waals surface area contributed by atoms with Gasteiger partial charge in [0, 0.05) is 25.7 Å². The number of carbonyl (C=O) groups excluding carboxylic acids is 1. The number of ether oxygens (including phenoxy) is 2. The van der Waals surface area contributed by atoms with Crippen molar-refractivity contribution in [1.82, 2.24) is 9.29 Å². The Morgan fingerprint density at radius 2 is 1.79 bits per heavy atom. The molecule has 0 radical (unpaired) electrons. The number of hydrogen-bond donors (Lipinski definition) is 1. The molecule has 152 valence electrons. The zero-order chi connectivity index (χ0) is 21.2. The predicted molar refractivity (Wildman–Crippen MR) is 110 cm³/mol. The van der Waals surface area contributed by atoms with Gasteiger partial charge in [-0.2, -0.15) is 0 Å². The zero-order valence-corrected chi connectivity index (χ0v) is 17.3. The number of rotatable bonds is 6. The van der Waals surface area contributed by atoms with Crippen LogP contribution in [0.3, 0.4) is 0 Å². The van der Waals surface area contributed by atoms with E-state index < -0.39 is 15.9 Å². The van der Waals surface area contributed by atoms with Crippen LogP contribution in [0.4, 0.5) is 5.69 Å². The first-order valence-electron chi connectivity index (χ1n) is 8.62. The van der Waals surface area contributed by atoms with Gasteiger partial charge in [0.15, 0.2) is 0 Å². The van der Waals surface area contributed by atoms with Crippen LogP contribution < -0.4 is 14.8 Å². The van der Waals surface area contributed by atoms with Crippen LogP contribution in [0.1, 0.15) is 10.4 Å². The molecule has 9 heteroatoms. The SMILES string of the molecule is COc1ccc2nccc(NC(=O)c3cc(S(=O)(=O)N(C)C)ccc3OC)c2c1. The van der Waals surface area contributed by atoms with Gasteiger partial charge in [-0.3, -0.25) is 9.78 Å². The Kier molecular flexibility index (Phi) is 5.71. The van der Waals surface area contributed by atoms with E-state index in [0.717, 1.165) is 4.31 Å². The average Bonchev–Trinajstić information content (AvgIpc) is 2.72.